The monoisotopic (exact) mass is 220 g/mol. The lowest BCUT2D eigenvalue weighted by Crippen LogP contribution is -1.80. The summed E-state index contributed by atoms with van der Waals surface area (Å²) in [5.74, 6) is 6.08. The smallest absolute Gasteiger partial charge is 0.115 e. The zero-order valence-corrected chi connectivity index (χ0v) is 8.88. The molecule has 0 fully saturated rings. The van der Waals surface area contributed by atoms with Crippen molar-refractivity contribution in [2.24, 2.45) is 0 Å². The quantitative estimate of drug-likeness (QED) is 0.587. The van der Waals surface area contributed by atoms with Gasteiger partial charge in [0.1, 0.15) is 6.33 Å². The zero-order valence-electron chi connectivity index (χ0n) is 8.88. The van der Waals surface area contributed by atoms with Crippen molar-refractivity contribution in [1.29, 1.82) is 0 Å². The van der Waals surface area contributed by atoms with Gasteiger partial charge in [0.2, 0.25) is 0 Å². The van der Waals surface area contributed by atoms with E-state index in [-0.39, 0.29) is 0 Å². The Morgan fingerprint density at radius 1 is 0.941 bits per heavy atom. The van der Waals surface area contributed by atoms with E-state index in [1.807, 2.05) is 18.2 Å². The number of nitrogens with zero attached hydrogens (tertiary/aromatic N) is 3. The minimum atomic E-state index is 0.805. The van der Waals surface area contributed by atoms with Gasteiger partial charge < -0.3 is 0 Å². The zero-order chi connectivity index (χ0) is 11.5. The Kier molecular flexibility index (Phi) is 2.28. The van der Waals surface area contributed by atoms with Crippen LogP contribution in [0.4, 0.5) is 0 Å². The fourth-order valence-electron chi connectivity index (χ4n) is 1.53. The van der Waals surface area contributed by atoms with Crippen molar-refractivity contribution in [1.82, 2.24) is 20.2 Å². The van der Waals surface area contributed by atoms with Crippen LogP contribution < -0.4 is 0 Å². The number of aromatic amines is 1. The lowest BCUT2D eigenvalue weighted by atomic mass is 10.1. The molecule has 3 rings (SSSR count). The van der Waals surface area contributed by atoms with Crippen molar-refractivity contribution >= 4 is 10.9 Å². The second-order valence-corrected chi connectivity index (χ2v) is 3.55. The van der Waals surface area contributed by atoms with E-state index in [1.54, 1.807) is 18.6 Å². The first-order valence-electron chi connectivity index (χ1n) is 5.12. The predicted molar refractivity (Wildman–Crippen MR) is 64.1 cm³/mol. The van der Waals surface area contributed by atoms with Gasteiger partial charge in [0, 0.05) is 23.3 Å². The van der Waals surface area contributed by atoms with E-state index in [9.17, 15) is 0 Å². The van der Waals surface area contributed by atoms with Crippen molar-refractivity contribution in [3.05, 3.63) is 54.2 Å². The standard InChI is InChI=1S/C13H8N4/c1(2-11-6-14-9-15-7-11)10-3-4-13-12(5-10)8-16-17-13/h3-9H,(H,16,17). The summed E-state index contributed by atoms with van der Waals surface area (Å²) in [6.07, 6.45) is 6.65. The molecule has 1 aromatic carbocycles. The van der Waals surface area contributed by atoms with Crippen LogP contribution in [0.1, 0.15) is 11.1 Å². The molecule has 1 N–H and O–H groups in total. The molecule has 0 radical (unpaired) electrons. The van der Waals surface area contributed by atoms with Gasteiger partial charge in [-0.3, -0.25) is 5.10 Å². The largest absolute Gasteiger partial charge is 0.278 e. The lowest BCUT2D eigenvalue weighted by Gasteiger charge is -1.90. The Labute approximate surface area is 97.7 Å². The maximum absolute atomic E-state index is 3.97. The van der Waals surface area contributed by atoms with E-state index in [2.05, 4.69) is 32.0 Å². The van der Waals surface area contributed by atoms with Crippen molar-refractivity contribution in [3.63, 3.8) is 0 Å². The molecule has 0 saturated heterocycles. The van der Waals surface area contributed by atoms with Gasteiger partial charge in [-0.1, -0.05) is 11.8 Å². The molecule has 4 heteroatoms. The number of hydrogen-bond acceptors (Lipinski definition) is 3. The van der Waals surface area contributed by atoms with Gasteiger partial charge in [-0.2, -0.15) is 5.10 Å². The Hall–Kier alpha value is -2.67. The Bertz CT molecular complexity index is 704. The van der Waals surface area contributed by atoms with Crippen LogP contribution in [-0.4, -0.2) is 20.2 Å². The molecule has 17 heavy (non-hydrogen) atoms. The Morgan fingerprint density at radius 2 is 1.76 bits per heavy atom. The summed E-state index contributed by atoms with van der Waals surface area (Å²) in [5, 5.41) is 7.93. The SMILES string of the molecule is C(#Cc1ccc2[nH]ncc2c1)c1cncnc1. The second-order valence-electron chi connectivity index (χ2n) is 3.55. The fraction of sp³-hybridized carbons (Fsp3) is 0. The minimum absolute atomic E-state index is 0.805. The topological polar surface area (TPSA) is 54.5 Å². The van der Waals surface area contributed by atoms with Gasteiger partial charge >= 0.3 is 0 Å². The van der Waals surface area contributed by atoms with Gasteiger partial charge in [0.25, 0.3) is 0 Å². The molecule has 0 bridgehead atoms. The first kappa shape index (κ1) is 9.55. The number of nitrogens with one attached hydrogen (secondary N) is 1. The molecular weight excluding hydrogens is 212 g/mol. The average Bonchev–Trinajstić information content (AvgIpc) is 2.85. The van der Waals surface area contributed by atoms with Gasteiger partial charge in [-0.15, -0.1) is 0 Å². The van der Waals surface area contributed by atoms with Gasteiger partial charge in [-0.25, -0.2) is 9.97 Å². The maximum Gasteiger partial charge on any atom is 0.115 e. The predicted octanol–water partition coefficient (Wildman–Crippen LogP) is 1.75. The summed E-state index contributed by atoms with van der Waals surface area (Å²) < 4.78 is 0. The van der Waals surface area contributed by atoms with Crippen molar-refractivity contribution in [2.75, 3.05) is 0 Å². The molecule has 80 valence electrons. The molecule has 0 aliphatic heterocycles. The number of benzene rings is 1. The molecule has 0 atom stereocenters. The molecule has 0 aliphatic carbocycles. The average molecular weight is 220 g/mol. The number of rotatable bonds is 0. The summed E-state index contributed by atoms with van der Waals surface area (Å²) in [7, 11) is 0. The molecule has 4 nitrogen and oxygen atoms in total. The molecule has 0 spiro atoms. The van der Waals surface area contributed by atoms with Gasteiger partial charge in [-0.05, 0) is 18.2 Å². The lowest BCUT2D eigenvalue weighted by molar-refractivity contribution is 1.12. The summed E-state index contributed by atoms with van der Waals surface area (Å²) in [6.45, 7) is 0. The molecule has 0 amide bonds. The number of fused-ring (bicyclic) bond motifs is 1. The van der Waals surface area contributed by atoms with Gasteiger partial charge in [0.05, 0.1) is 17.3 Å². The van der Waals surface area contributed by atoms with Crippen LogP contribution in [0.2, 0.25) is 0 Å². The first-order chi connectivity index (χ1) is 8.42. The van der Waals surface area contributed by atoms with Crippen LogP contribution in [0.25, 0.3) is 10.9 Å². The number of hydrogen-bond donors (Lipinski definition) is 1. The van der Waals surface area contributed by atoms with Crippen LogP contribution in [0.3, 0.4) is 0 Å². The van der Waals surface area contributed by atoms with Crippen LogP contribution in [-0.2, 0) is 0 Å². The molecule has 0 aliphatic rings. The highest BCUT2D eigenvalue weighted by Crippen LogP contribution is 2.11. The normalized spacial score (nSPS) is 9.88. The molecule has 2 heterocycles. The molecule has 3 aromatic rings. The van der Waals surface area contributed by atoms with E-state index in [0.717, 1.165) is 22.0 Å². The first-order valence-corrected chi connectivity index (χ1v) is 5.12. The van der Waals surface area contributed by atoms with Crippen LogP contribution >= 0.6 is 0 Å². The summed E-state index contributed by atoms with van der Waals surface area (Å²) in [5.41, 5.74) is 2.76. The molecular formula is C13H8N4. The van der Waals surface area contributed by atoms with Crippen molar-refractivity contribution < 1.29 is 0 Å². The third-order valence-corrected chi connectivity index (χ3v) is 2.35. The number of H-pyrrole nitrogens is 1. The highest BCUT2D eigenvalue weighted by atomic mass is 15.1. The summed E-state index contributed by atoms with van der Waals surface area (Å²) in [4.78, 5) is 7.82. The van der Waals surface area contributed by atoms with Crippen LogP contribution in [0.5, 0.6) is 0 Å². The Balaban J connectivity index is 1.97. The van der Waals surface area contributed by atoms with E-state index >= 15 is 0 Å². The molecule has 2 aromatic heterocycles. The third kappa shape index (κ3) is 1.99. The van der Waals surface area contributed by atoms with E-state index in [0.29, 0.717) is 0 Å². The highest BCUT2D eigenvalue weighted by molar-refractivity contribution is 5.79. The molecule has 0 unspecified atom stereocenters. The summed E-state index contributed by atoms with van der Waals surface area (Å²) >= 11 is 0. The summed E-state index contributed by atoms with van der Waals surface area (Å²) in [6, 6.07) is 5.92. The third-order valence-electron chi connectivity index (χ3n) is 2.35. The number of aromatic nitrogens is 4. The second kappa shape index (κ2) is 4.06. The van der Waals surface area contributed by atoms with E-state index in [1.165, 1.54) is 6.33 Å². The van der Waals surface area contributed by atoms with E-state index < -0.39 is 0 Å². The maximum atomic E-state index is 3.97. The van der Waals surface area contributed by atoms with Crippen molar-refractivity contribution in [2.45, 2.75) is 0 Å². The van der Waals surface area contributed by atoms with Crippen molar-refractivity contribution in [3.8, 4) is 11.8 Å². The van der Waals surface area contributed by atoms with Gasteiger partial charge in [0.15, 0.2) is 0 Å². The fourth-order valence-corrected chi connectivity index (χ4v) is 1.53. The Morgan fingerprint density at radius 3 is 2.65 bits per heavy atom. The van der Waals surface area contributed by atoms with E-state index in [4.69, 9.17) is 0 Å². The minimum Gasteiger partial charge on any atom is -0.278 e. The van der Waals surface area contributed by atoms with Crippen LogP contribution in [0.15, 0.2) is 43.1 Å². The molecule has 0 saturated carbocycles. The highest BCUT2D eigenvalue weighted by Gasteiger charge is 1.95. The van der Waals surface area contributed by atoms with Crippen LogP contribution in [0, 0.1) is 11.8 Å².